The van der Waals surface area contributed by atoms with Crippen LogP contribution in [0.4, 0.5) is 5.69 Å². The summed E-state index contributed by atoms with van der Waals surface area (Å²) in [6.07, 6.45) is 0. The fraction of sp³-hybridized carbons (Fsp3) is 0.118. The Bertz CT molecular complexity index is 879. The van der Waals surface area contributed by atoms with E-state index in [1.807, 2.05) is 0 Å². The van der Waals surface area contributed by atoms with Gasteiger partial charge in [0.25, 0.3) is 5.91 Å². The van der Waals surface area contributed by atoms with Crippen molar-refractivity contribution in [2.24, 2.45) is 0 Å². The molecule has 0 spiro atoms. The molecule has 0 saturated heterocycles. The molecule has 26 heavy (non-hydrogen) atoms. The first kappa shape index (κ1) is 19.8. The summed E-state index contributed by atoms with van der Waals surface area (Å²) in [6, 6.07) is 13.4. The van der Waals surface area contributed by atoms with Gasteiger partial charge in [0.05, 0.1) is 19.9 Å². The summed E-state index contributed by atoms with van der Waals surface area (Å²) < 4.78 is 11.2. The molecule has 2 aromatic carbocycles. The Kier molecular flexibility index (Phi) is 6.62. The molecule has 1 amide bonds. The summed E-state index contributed by atoms with van der Waals surface area (Å²) in [5, 5.41) is 22.4. The van der Waals surface area contributed by atoms with E-state index < -0.39 is 11.8 Å². The second-order valence-electron chi connectivity index (χ2n) is 5.04. The fourth-order valence-electron chi connectivity index (χ4n) is 2.17. The normalized spacial score (nSPS) is 9.92. The number of hydrogen-bond donors (Lipinski definition) is 1. The maximum Gasteiger partial charge on any atom is 1.00 e. The van der Waals surface area contributed by atoms with Gasteiger partial charge in [-0.15, -0.1) is 5.10 Å². The first-order valence-corrected chi connectivity index (χ1v) is 7.35. The molecule has 3 rings (SSSR count). The molecule has 3 aromatic rings. The van der Waals surface area contributed by atoms with Gasteiger partial charge in [0, 0.05) is 11.6 Å². The number of nitrogens with one attached hydrogen (secondary N) is 1. The molecule has 128 valence electrons. The molecule has 0 saturated carbocycles. The monoisotopic (exact) mass is 362 g/mol. The van der Waals surface area contributed by atoms with E-state index in [1.165, 1.54) is 0 Å². The molecular formula is C17H15N4NaO4. The van der Waals surface area contributed by atoms with Crippen LogP contribution in [0.3, 0.4) is 0 Å². The van der Waals surface area contributed by atoms with Gasteiger partial charge in [-0.25, -0.2) is 4.68 Å². The zero-order chi connectivity index (χ0) is 17.8. The number of carbonyl (C=O) groups excluding carboxylic acids is 1. The van der Waals surface area contributed by atoms with Gasteiger partial charge in [-0.2, -0.15) is 0 Å². The van der Waals surface area contributed by atoms with Gasteiger partial charge >= 0.3 is 29.6 Å². The maximum atomic E-state index is 12.4. The van der Waals surface area contributed by atoms with Gasteiger partial charge in [0.2, 0.25) is 0 Å². The molecule has 1 aromatic heterocycles. The molecule has 1 N–H and O–H groups in total. The zero-order valence-corrected chi connectivity index (χ0v) is 16.6. The largest absolute Gasteiger partial charge is 1.00 e. The number of amides is 1. The third-order valence-electron chi connectivity index (χ3n) is 3.51. The van der Waals surface area contributed by atoms with E-state index in [1.54, 1.807) is 62.8 Å². The van der Waals surface area contributed by atoms with Crippen molar-refractivity contribution in [3.8, 4) is 23.1 Å². The molecule has 0 radical (unpaired) electrons. The predicted octanol–water partition coefficient (Wildman–Crippen LogP) is -1.39. The number of hydrogen-bond acceptors (Lipinski definition) is 6. The first-order valence-electron chi connectivity index (χ1n) is 7.35. The van der Waals surface area contributed by atoms with E-state index in [0.29, 0.717) is 22.9 Å². The zero-order valence-electron chi connectivity index (χ0n) is 14.6. The minimum atomic E-state index is -0.630. The predicted molar refractivity (Wildman–Crippen MR) is 88.3 cm³/mol. The number of aromatic nitrogens is 3. The second kappa shape index (κ2) is 8.70. The van der Waals surface area contributed by atoms with E-state index in [4.69, 9.17) is 9.47 Å². The van der Waals surface area contributed by atoms with Gasteiger partial charge in [-0.1, -0.05) is 5.21 Å². The van der Waals surface area contributed by atoms with Crippen molar-refractivity contribution in [2.45, 2.75) is 0 Å². The van der Waals surface area contributed by atoms with Gasteiger partial charge in [0.1, 0.15) is 11.5 Å². The molecule has 0 aliphatic heterocycles. The molecule has 0 unspecified atom stereocenters. The Morgan fingerprint density at radius 1 is 1.00 bits per heavy atom. The van der Waals surface area contributed by atoms with E-state index in [-0.39, 0.29) is 35.3 Å². The number of rotatable bonds is 5. The SMILES string of the molecule is COc1ccc(NC(=O)c2nnn(-c3ccc(OC)cc3)c2[O-])cc1.[Na+]. The van der Waals surface area contributed by atoms with Crippen molar-refractivity contribution < 1.29 is 48.9 Å². The van der Waals surface area contributed by atoms with E-state index in [9.17, 15) is 9.90 Å². The number of methoxy groups -OCH3 is 2. The van der Waals surface area contributed by atoms with Crippen LogP contribution in [0.25, 0.3) is 5.69 Å². The van der Waals surface area contributed by atoms with Crippen molar-refractivity contribution in [2.75, 3.05) is 19.5 Å². The smallest absolute Gasteiger partial charge is 0.857 e. The van der Waals surface area contributed by atoms with Crippen LogP contribution in [0.5, 0.6) is 17.4 Å². The minimum absolute atomic E-state index is 0. The number of benzene rings is 2. The van der Waals surface area contributed by atoms with Crippen molar-refractivity contribution in [1.29, 1.82) is 0 Å². The molecule has 9 heteroatoms. The van der Waals surface area contributed by atoms with Gasteiger partial charge in [-0.05, 0) is 48.5 Å². The maximum absolute atomic E-state index is 12.4. The summed E-state index contributed by atoms with van der Waals surface area (Å²) in [6.45, 7) is 0. The Morgan fingerprint density at radius 2 is 1.54 bits per heavy atom. The number of carbonyl (C=O) groups is 1. The molecule has 8 nitrogen and oxygen atoms in total. The standard InChI is InChI=1S/C17H16N4O4.Na/c1-24-13-7-3-11(4-8-13)18-16(22)15-17(23)21(20-19-15)12-5-9-14(25-2)10-6-12;/h3-10,23H,1-2H3,(H,18,22);/q;+1/p-1. The fourth-order valence-corrected chi connectivity index (χ4v) is 2.17. The third-order valence-corrected chi connectivity index (χ3v) is 3.51. The van der Waals surface area contributed by atoms with Crippen molar-refractivity contribution >= 4 is 11.6 Å². The Labute approximate surface area is 172 Å². The molecule has 1 heterocycles. The summed E-state index contributed by atoms with van der Waals surface area (Å²) >= 11 is 0. The second-order valence-corrected chi connectivity index (χ2v) is 5.04. The van der Waals surface area contributed by atoms with Crippen LogP contribution in [0, 0.1) is 0 Å². The number of nitrogens with zero attached hydrogens (tertiary/aromatic N) is 3. The Balaban J connectivity index is 0.00000243. The number of ether oxygens (including phenoxy) is 2. The molecule has 0 fully saturated rings. The first-order chi connectivity index (χ1) is 12.1. The molecular weight excluding hydrogens is 347 g/mol. The van der Waals surface area contributed by atoms with Crippen LogP contribution >= 0.6 is 0 Å². The topological polar surface area (TPSA) is 101 Å². The summed E-state index contributed by atoms with van der Waals surface area (Å²) in [7, 11) is 3.10. The van der Waals surface area contributed by atoms with Gasteiger partial charge in [-0.3, -0.25) is 4.79 Å². The molecule has 0 atom stereocenters. The summed E-state index contributed by atoms with van der Waals surface area (Å²) in [5.41, 5.74) is 0.720. The van der Waals surface area contributed by atoms with Gasteiger partial charge in [0.15, 0.2) is 5.69 Å². The van der Waals surface area contributed by atoms with Crippen LogP contribution < -0.4 is 49.5 Å². The van der Waals surface area contributed by atoms with Crippen LogP contribution in [0.2, 0.25) is 0 Å². The van der Waals surface area contributed by atoms with Gasteiger partial charge < -0.3 is 19.9 Å². The third kappa shape index (κ3) is 4.16. The van der Waals surface area contributed by atoms with Crippen LogP contribution in [0.1, 0.15) is 10.5 Å². The average Bonchev–Trinajstić information content (AvgIpc) is 3.04. The minimum Gasteiger partial charge on any atom is -0.857 e. The molecule has 0 aliphatic rings. The van der Waals surface area contributed by atoms with E-state index in [0.717, 1.165) is 4.68 Å². The van der Waals surface area contributed by atoms with Crippen LogP contribution in [-0.2, 0) is 0 Å². The summed E-state index contributed by atoms with van der Waals surface area (Å²) in [4.78, 5) is 12.3. The Morgan fingerprint density at radius 3 is 2.08 bits per heavy atom. The van der Waals surface area contributed by atoms with Crippen molar-refractivity contribution in [3.63, 3.8) is 0 Å². The van der Waals surface area contributed by atoms with Crippen molar-refractivity contribution in [3.05, 3.63) is 54.2 Å². The van der Waals surface area contributed by atoms with Crippen LogP contribution in [-0.4, -0.2) is 35.1 Å². The van der Waals surface area contributed by atoms with E-state index in [2.05, 4.69) is 15.6 Å². The molecule has 0 aliphatic carbocycles. The van der Waals surface area contributed by atoms with Crippen molar-refractivity contribution in [1.82, 2.24) is 15.0 Å². The Hall–Kier alpha value is -2.55. The van der Waals surface area contributed by atoms with E-state index >= 15 is 0 Å². The van der Waals surface area contributed by atoms with Crippen LogP contribution in [0.15, 0.2) is 48.5 Å². The molecule has 0 bridgehead atoms. The summed E-state index contributed by atoms with van der Waals surface area (Å²) in [5.74, 6) is 0.0767. The number of anilines is 1. The quantitative estimate of drug-likeness (QED) is 0.561. The average molecular weight is 362 g/mol.